The van der Waals surface area contributed by atoms with Gasteiger partial charge in [0.2, 0.25) is 15.9 Å². The molecule has 3 heterocycles. The van der Waals surface area contributed by atoms with Crippen molar-refractivity contribution < 1.29 is 17.9 Å². The highest BCUT2D eigenvalue weighted by Crippen LogP contribution is 2.17. The summed E-state index contributed by atoms with van der Waals surface area (Å²) in [5.41, 5.74) is -0.00682. The van der Waals surface area contributed by atoms with Crippen LogP contribution >= 0.6 is 15.9 Å². The molecule has 0 radical (unpaired) electrons. The second-order valence-electron chi connectivity index (χ2n) is 7.03. The van der Waals surface area contributed by atoms with Gasteiger partial charge >= 0.3 is 0 Å². The maximum Gasteiger partial charge on any atom is 0.266 e. The molecular formula is C16H23BrN6O5S. The molecule has 2 atom stereocenters. The van der Waals surface area contributed by atoms with Gasteiger partial charge in [-0.2, -0.15) is 9.40 Å². The number of rotatable bonds is 6. The third-order valence-corrected chi connectivity index (χ3v) is 6.90. The fraction of sp³-hybridized carbons (Fsp3) is 0.625. The molecule has 160 valence electrons. The van der Waals surface area contributed by atoms with E-state index in [0.717, 1.165) is 4.57 Å². The van der Waals surface area contributed by atoms with Crippen LogP contribution in [0.4, 0.5) is 0 Å². The van der Waals surface area contributed by atoms with Gasteiger partial charge in [0, 0.05) is 26.7 Å². The third-order valence-electron chi connectivity index (χ3n) is 4.54. The zero-order valence-corrected chi connectivity index (χ0v) is 18.7. The zero-order chi connectivity index (χ0) is 21.3. The van der Waals surface area contributed by atoms with Gasteiger partial charge in [-0.25, -0.2) is 18.1 Å². The number of fused-ring (bicyclic) bond motifs is 1. The largest absolute Gasteiger partial charge is 0.373 e. The van der Waals surface area contributed by atoms with Gasteiger partial charge in [0.1, 0.15) is 22.9 Å². The van der Waals surface area contributed by atoms with Crippen LogP contribution in [0.15, 0.2) is 15.7 Å². The summed E-state index contributed by atoms with van der Waals surface area (Å²) >= 11 is 3.21. The summed E-state index contributed by atoms with van der Waals surface area (Å²) in [6.07, 6.45) is 0.916. The predicted molar refractivity (Wildman–Crippen MR) is 109 cm³/mol. The van der Waals surface area contributed by atoms with E-state index in [0.29, 0.717) is 23.3 Å². The molecule has 1 aliphatic heterocycles. The smallest absolute Gasteiger partial charge is 0.266 e. The minimum Gasteiger partial charge on any atom is -0.373 e. The number of carbonyl (C=O) groups excluding carboxylic acids is 1. The van der Waals surface area contributed by atoms with Crippen molar-refractivity contribution >= 4 is 42.9 Å². The van der Waals surface area contributed by atoms with Crippen LogP contribution in [0.2, 0.25) is 0 Å². The number of carbonyl (C=O) groups is 1. The van der Waals surface area contributed by atoms with Crippen molar-refractivity contribution in [3.8, 4) is 0 Å². The molecule has 0 bridgehead atoms. The lowest BCUT2D eigenvalue weighted by Gasteiger charge is -2.34. The lowest BCUT2D eigenvalue weighted by atomic mass is 10.3. The summed E-state index contributed by atoms with van der Waals surface area (Å²) in [7, 11) is -1.86. The second-order valence-corrected chi connectivity index (χ2v) is 9.87. The number of hydrogen-bond donors (Lipinski definition) is 1. The lowest BCUT2D eigenvalue weighted by molar-refractivity contribution is -0.121. The standard InChI is InChI=1S/C16H23BrN6O5S/c1-10-6-23(7-11(2)28-10)29(26,27)5-4-18-12(24)8-22-9-19-15-13(16(22)25)14(17)20-21(15)3/h9-11H,4-8H2,1-3H3,(H,18,24). The number of sulfonamides is 1. The molecular weight excluding hydrogens is 468 g/mol. The van der Waals surface area contributed by atoms with Crippen molar-refractivity contribution in [1.82, 2.24) is 29.0 Å². The summed E-state index contributed by atoms with van der Waals surface area (Å²) in [6.45, 7) is 3.91. The van der Waals surface area contributed by atoms with Crippen LogP contribution in [0.3, 0.4) is 0 Å². The summed E-state index contributed by atoms with van der Waals surface area (Å²) in [6, 6.07) is 0. The zero-order valence-electron chi connectivity index (χ0n) is 16.3. The number of hydrogen-bond acceptors (Lipinski definition) is 7. The number of aryl methyl sites for hydroxylation is 1. The number of morpholine rings is 1. The van der Waals surface area contributed by atoms with Crippen molar-refractivity contribution in [1.29, 1.82) is 0 Å². The van der Waals surface area contributed by atoms with Crippen LogP contribution in [0.5, 0.6) is 0 Å². The molecule has 3 rings (SSSR count). The minimum absolute atomic E-state index is 0.0533. The first-order valence-corrected chi connectivity index (χ1v) is 11.5. The third kappa shape index (κ3) is 4.85. The molecule has 1 fully saturated rings. The Kier molecular flexibility index (Phi) is 6.41. The van der Waals surface area contributed by atoms with Gasteiger partial charge < -0.3 is 10.1 Å². The van der Waals surface area contributed by atoms with E-state index in [1.54, 1.807) is 7.05 Å². The Labute approximate surface area is 176 Å². The molecule has 2 unspecified atom stereocenters. The average Bonchev–Trinajstić information content (AvgIpc) is 2.91. The van der Waals surface area contributed by atoms with E-state index in [1.807, 2.05) is 13.8 Å². The van der Waals surface area contributed by atoms with Crippen LogP contribution in [0, 0.1) is 0 Å². The van der Waals surface area contributed by atoms with E-state index in [4.69, 9.17) is 4.74 Å². The van der Waals surface area contributed by atoms with Crippen molar-refractivity contribution in [2.24, 2.45) is 7.05 Å². The maximum atomic E-state index is 12.5. The monoisotopic (exact) mass is 490 g/mol. The average molecular weight is 491 g/mol. The Morgan fingerprint density at radius 1 is 1.34 bits per heavy atom. The molecule has 1 N–H and O–H groups in total. The van der Waals surface area contributed by atoms with Crippen LogP contribution in [-0.4, -0.2) is 75.6 Å². The van der Waals surface area contributed by atoms with Crippen LogP contribution in [-0.2, 0) is 33.1 Å². The summed E-state index contributed by atoms with van der Waals surface area (Å²) in [4.78, 5) is 28.9. The Hall–Kier alpha value is -1.83. The number of nitrogens with one attached hydrogen (secondary N) is 1. The number of aromatic nitrogens is 4. The first kappa shape index (κ1) is 21.9. The van der Waals surface area contributed by atoms with E-state index >= 15 is 0 Å². The lowest BCUT2D eigenvalue weighted by Crippen LogP contribution is -2.49. The Bertz CT molecular complexity index is 1070. The fourth-order valence-electron chi connectivity index (χ4n) is 3.27. The second kappa shape index (κ2) is 8.50. The molecule has 0 saturated carbocycles. The van der Waals surface area contributed by atoms with E-state index < -0.39 is 21.5 Å². The topological polar surface area (TPSA) is 128 Å². The number of amides is 1. The molecule has 1 aliphatic rings. The molecule has 0 aliphatic carbocycles. The highest BCUT2D eigenvalue weighted by Gasteiger charge is 2.30. The normalized spacial score (nSPS) is 20.8. The Morgan fingerprint density at radius 2 is 2.00 bits per heavy atom. The molecule has 2 aromatic heterocycles. The molecule has 2 aromatic rings. The molecule has 11 nitrogen and oxygen atoms in total. The van der Waals surface area contributed by atoms with Crippen molar-refractivity contribution in [2.45, 2.75) is 32.6 Å². The first-order chi connectivity index (χ1) is 13.6. The van der Waals surface area contributed by atoms with Crippen molar-refractivity contribution in [3.63, 3.8) is 0 Å². The Morgan fingerprint density at radius 3 is 2.66 bits per heavy atom. The van der Waals surface area contributed by atoms with Gasteiger partial charge in [-0.3, -0.25) is 14.2 Å². The van der Waals surface area contributed by atoms with Gasteiger partial charge in [0.15, 0.2) is 5.65 Å². The minimum atomic E-state index is -3.52. The Balaban J connectivity index is 1.59. The maximum absolute atomic E-state index is 12.5. The summed E-state index contributed by atoms with van der Waals surface area (Å²) < 4.78 is 34.9. The molecule has 29 heavy (non-hydrogen) atoms. The van der Waals surface area contributed by atoms with Gasteiger partial charge in [0.25, 0.3) is 5.56 Å². The number of nitrogens with zero attached hydrogens (tertiary/aromatic N) is 5. The predicted octanol–water partition coefficient (Wildman–Crippen LogP) is -0.552. The number of ether oxygens (including phenoxy) is 1. The van der Waals surface area contributed by atoms with E-state index in [2.05, 4.69) is 31.3 Å². The van der Waals surface area contributed by atoms with E-state index in [9.17, 15) is 18.0 Å². The van der Waals surface area contributed by atoms with Gasteiger partial charge in [0.05, 0.1) is 18.0 Å². The molecule has 13 heteroatoms. The van der Waals surface area contributed by atoms with Gasteiger partial charge in [-0.15, -0.1) is 0 Å². The van der Waals surface area contributed by atoms with E-state index in [-0.39, 0.29) is 36.4 Å². The SMILES string of the molecule is CC1CN(S(=O)(=O)CCNC(=O)Cn2cnc3c(c(Br)nn3C)c2=O)CC(C)O1. The number of halogens is 1. The highest BCUT2D eigenvalue weighted by molar-refractivity contribution is 9.10. The van der Waals surface area contributed by atoms with Crippen LogP contribution < -0.4 is 10.9 Å². The molecule has 1 amide bonds. The quantitative estimate of drug-likeness (QED) is 0.574. The summed E-state index contributed by atoms with van der Waals surface area (Å²) in [5, 5.41) is 6.91. The molecule has 1 saturated heterocycles. The highest BCUT2D eigenvalue weighted by atomic mass is 79.9. The van der Waals surface area contributed by atoms with Crippen LogP contribution in [0.1, 0.15) is 13.8 Å². The van der Waals surface area contributed by atoms with Crippen LogP contribution in [0.25, 0.3) is 11.0 Å². The van der Waals surface area contributed by atoms with Gasteiger partial charge in [-0.1, -0.05) is 0 Å². The van der Waals surface area contributed by atoms with Crippen molar-refractivity contribution in [2.75, 3.05) is 25.4 Å². The van der Waals surface area contributed by atoms with E-state index in [1.165, 1.54) is 15.3 Å². The molecule has 0 spiro atoms. The van der Waals surface area contributed by atoms with Crippen molar-refractivity contribution in [3.05, 3.63) is 21.3 Å². The first-order valence-electron chi connectivity index (χ1n) is 9.06. The molecule has 0 aromatic carbocycles. The fourth-order valence-corrected chi connectivity index (χ4v) is 5.34. The van der Waals surface area contributed by atoms with Gasteiger partial charge in [-0.05, 0) is 29.8 Å². The summed E-state index contributed by atoms with van der Waals surface area (Å²) in [5.74, 6) is -0.703.